The molecule has 1 aliphatic heterocycles. The maximum absolute atomic E-state index is 11.2. The van der Waals surface area contributed by atoms with Crippen molar-refractivity contribution in [1.29, 1.82) is 0 Å². The van der Waals surface area contributed by atoms with Crippen molar-refractivity contribution in [1.82, 2.24) is 4.98 Å². The molecule has 1 amide bonds. The number of pyridine rings is 1. The van der Waals surface area contributed by atoms with Gasteiger partial charge in [0.05, 0.1) is 0 Å². The molecule has 1 N–H and O–H groups in total. The third-order valence-electron chi connectivity index (χ3n) is 2.21. The molecule has 0 saturated heterocycles. The number of fused-ring (bicyclic) bond motifs is 1. The molecule has 1 aromatic rings. The van der Waals surface area contributed by atoms with Crippen LogP contribution in [0.1, 0.15) is 37.8 Å². The Hall–Kier alpha value is -1.38. The third-order valence-corrected chi connectivity index (χ3v) is 2.21. The van der Waals surface area contributed by atoms with Gasteiger partial charge in [0.1, 0.15) is 5.82 Å². The molecule has 1 aromatic heterocycles. The van der Waals surface area contributed by atoms with E-state index < -0.39 is 0 Å². The lowest BCUT2D eigenvalue weighted by atomic mass is 10.1. The Morgan fingerprint density at radius 1 is 1.33 bits per heavy atom. The average molecular weight is 206 g/mol. The Bertz CT molecular complexity index is 347. The molecular weight excluding hydrogens is 188 g/mol. The largest absolute Gasteiger partial charge is 0.310 e. The van der Waals surface area contributed by atoms with Gasteiger partial charge in [0, 0.05) is 12.6 Å². The van der Waals surface area contributed by atoms with E-state index in [9.17, 15) is 4.79 Å². The molecule has 1 aliphatic rings. The fourth-order valence-electron chi connectivity index (χ4n) is 1.57. The van der Waals surface area contributed by atoms with Crippen LogP contribution in [0.15, 0.2) is 12.3 Å². The van der Waals surface area contributed by atoms with Gasteiger partial charge in [0.2, 0.25) is 5.91 Å². The molecule has 15 heavy (non-hydrogen) atoms. The van der Waals surface area contributed by atoms with E-state index in [0.717, 1.165) is 29.8 Å². The van der Waals surface area contributed by atoms with Crippen LogP contribution < -0.4 is 5.32 Å². The Morgan fingerprint density at radius 2 is 2.07 bits per heavy atom. The summed E-state index contributed by atoms with van der Waals surface area (Å²) < 4.78 is 0. The van der Waals surface area contributed by atoms with Gasteiger partial charge in [-0.1, -0.05) is 19.9 Å². The molecule has 82 valence electrons. The van der Waals surface area contributed by atoms with Crippen molar-refractivity contribution in [2.24, 2.45) is 0 Å². The fraction of sp³-hybridized carbons (Fsp3) is 0.500. The third kappa shape index (κ3) is 3.05. The number of nitrogens with one attached hydrogen (secondary N) is 1. The molecule has 0 bridgehead atoms. The smallest absolute Gasteiger partial charge is 0.225 e. The number of rotatable bonds is 0. The molecule has 0 radical (unpaired) electrons. The zero-order valence-electron chi connectivity index (χ0n) is 9.63. The first-order chi connectivity index (χ1) is 7.25. The van der Waals surface area contributed by atoms with Gasteiger partial charge in [-0.25, -0.2) is 4.98 Å². The summed E-state index contributed by atoms with van der Waals surface area (Å²) in [5.74, 6) is 0.822. The van der Waals surface area contributed by atoms with Crippen LogP contribution in [0.4, 0.5) is 5.82 Å². The summed E-state index contributed by atoms with van der Waals surface area (Å²) in [6.45, 7) is 6.01. The van der Waals surface area contributed by atoms with Crippen LogP contribution in [-0.2, 0) is 11.2 Å². The van der Waals surface area contributed by atoms with Crippen LogP contribution in [0.25, 0.3) is 0 Å². The second-order valence-corrected chi connectivity index (χ2v) is 3.42. The van der Waals surface area contributed by atoms with Gasteiger partial charge < -0.3 is 5.32 Å². The fourth-order valence-corrected chi connectivity index (χ4v) is 1.57. The van der Waals surface area contributed by atoms with Crippen molar-refractivity contribution in [3.8, 4) is 0 Å². The minimum atomic E-state index is 0.0788. The van der Waals surface area contributed by atoms with Crippen LogP contribution >= 0.6 is 0 Å². The van der Waals surface area contributed by atoms with Gasteiger partial charge in [-0.2, -0.15) is 0 Å². The number of hydrogen-bond acceptors (Lipinski definition) is 2. The Balaban J connectivity index is 0.000000531. The van der Waals surface area contributed by atoms with Crippen molar-refractivity contribution in [2.75, 3.05) is 5.32 Å². The number of anilines is 1. The van der Waals surface area contributed by atoms with Crippen molar-refractivity contribution in [2.45, 2.75) is 40.0 Å². The number of aryl methyl sites for hydroxylation is 2. The van der Waals surface area contributed by atoms with E-state index in [1.807, 2.05) is 20.8 Å². The van der Waals surface area contributed by atoms with Crippen molar-refractivity contribution in [3.63, 3.8) is 0 Å². The second kappa shape index (κ2) is 5.49. The lowest BCUT2D eigenvalue weighted by Crippen LogP contribution is -2.10. The predicted octanol–water partition coefficient (Wildman–Crippen LogP) is 2.69. The lowest BCUT2D eigenvalue weighted by molar-refractivity contribution is -0.116. The highest BCUT2D eigenvalue weighted by atomic mass is 16.1. The molecule has 0 aromatic carbocycles. The molecule has 2 heterocycles. The summed E-state index contributed by atoms with van der Waals surface area (Å²) in [4.78, 5) is 15.4. The molecule has 0 atom stereocenters. The van der Waals surface area contributed by atoms with E-state index in [4.69, 9.17) is 0 Å². The van der Waals surface area contributed by atoms with Crippen LogP contribution in [0, 0.1) is 6.92 Å². The molecule has 0 spiro atoms. The van der Waals surface area contributed by atoms with Gasteiger partial charge in [0.15, 0.2) is 0 Å². The first-order valence-corrected chi connectivity index (χ1v) is 5.51. The SMILES string of the molecule is CC.Cc1cnc2c(c1)CCCC(=O)N2. The van der Waals surface area contributed by atoms with Crippen LogP contribution in [0.5, 0.6) is 0 Å². The summed E-state index contributed by atoms with van der Waals surface area (Å²) in [5, 5.41) is 2.80. The summed E-state index contributed by atoms with van der Waals surface area (Å²) >= 11 is 0. The highest BCUT2D eigenvalue weighted by Gasteiger charge is 2.13. The topological polar surface area (TPSA) is 42.0 Å². The quantitative estimate of drug-likeness (QED) is 0.709. The van der Waals surface area contributed by atoms with E-state index >= 15 is 0 Å². The van der Waals surface area contributed by atoms with Gasteiger partial charge in [-0.3, -0.25) is 4.79 Å². The summed E-state index contributed by atoms with van der Waals surface area (Å²) in [5.41, 5.74) is 2.31. The first-order valence-electron chi connectivity index (χ1n) is 5.51. The zero-order valence-corrected chi connectivity index (χ0v) is 9.63. The highest BCUT2D eigenvalue weighted by Crippen LogP contribution is 2.19. The first kappa shape index (κ1) is 11.7. The monoisotopic (exact) mass is 206 g/mol. The maximum Gasteiger partial charge on any atom is 0.225 e. The number of amides is 1. The number of carbonyl (C=O) groups excluding carboxylic acids is 1. The zero-order chi connectivity index (χ0) is 11.3. The van der Waals surface area contributed by atoms with Gasteiger partial charge in [0.25, 0.3) is 0 Å². The molecule has 2 rings (SSSR count). The molecule has 3 heteroatoms. The minimum Gasteiger partial charge on any atom is -0.310 e. The van der Waals surface area contributed by atoms with Crippen molar-refractivity contribution >= 4 is 11.7 Å². The molecule has 3 nitrogen and oxygen atoms in total. The molecule has 0 aliphatic carbocycles. The van der Waals surface area contributed by atoms with E-state index in [0.29, 0.717) is 6.42 Å². The van der Waals surface area contributed by atoms with Crippen LogP contribution in [0.3, 0.4) is 0 Å². The normalized spacial score (nSPS) is 14.2. The van der Waals surface area contributed by atoms with E-state index in [1.54, 1.807) is 6.20 Å². The van der Waals surface area contributed by atoms with Crippen LogP contribution in [-0.4, -0.2) is 10.9 Å². The average Bonchev–Trinajstić information content (AvgIpc) is 2.42. The number of nitrogens with zero attached hydrogens (tertiary/aromatic N) is 1. The standard InChI is InChI=1S/C10H12N2O.C2H6/c1-7-5-8-3-2-4-9(13)12-10(8)11-6-7;1-2/h5-6H,2-4H2,1H3,(H,11,12,13);1-2H3. The van der Waals surface area contributed by atoms with E-state index in [1.165, 1.54) is 0 Å². The van der Waals surface area contributed by atoms with Crippen molar-refractivity contribution < 1.29 is 4.79 Å². The second-order valence-electron chi connectivity index (χ2n) is 3.42. The molecule has 0 fully saturated rings. The van der Waals surface area contributed by atoms with Gasteiger partial charge in [-0.15, -0.1) is 0 Å². The Labute approximate surface area is 90.9 Å². The molecule has 0 saturated carbocycles. The highest BCUT2D eigenvalue weighted by molar-refractivity contribution is 5.91. The summed E-state index contributed by atoms with van der Waals surface area (Å²) in [7, 11) is 0. The summed E-state index contributed by atoms with van der Waals surface area (Å²) in [6.07, 6.45) is 4.26. The Morgan fingerprint density at radius 3 is 2.80 bits per heavy atom. The summed E-state index contributed by atoms with van der Waals surface area (Å²) in [6, 6.07) is 2.09. The van der Waals surface area contributed by atoms with Gasteiger partial charge >= 0.3 is 0 Å². The van der Waals surface area contributed by atoms with Crippen LogP contribution in [0.2, 0.25) is 0 Å². The number of carbonyl (C=O) groups is 1. The van der Waals surface area contributed by atoms with E-state index in [-0.39, 0.29) is 5.91 Å². The number of aromatic nitrogens is 1. The predicted molar refractivity (Wildman–Crippen MR) is 61.9 cm³/mol. The maximum atomic E-state index is 11.2. The molecule has 0 unspecified atom stereocenters. The Kier molecular flexibility index (Phi) is 4.28. The van der Waals surface area contributed by atoms with E-state index in [2.05, 4.69) is 16.4 Å². The minimum absolute atomic E-state index is 0.0788. The van der Waals surface area contributed by atoms with Gasteiger partial charge in [-0.05, 0) is 30.9 Å². The molecular formula is C12H18N2O. The number of hydrogen-bond donors (Lipinski definition) is 1. The van der Waals surface area contributed by atoms with Crippen molar-refractivity contribution in [3.05, 3.63) is 23.4 Å². The lowest BCUT2D eigenvalue weighted by Gasteiger charge is -2.05.